The minimum absolute atomic E-state index is 0.0963. The molecule has 0 unspecified atom stereocenters. The third-order valence-electron chi connectivity index (χ3n) is 3.10. The molecule has 1 fully saturated rings. The first kappa shape index (κ1) is 13.6. The van der Waals surface area contributed by atoms with Gasteiger partial charge in [-0.2, -0.15) is 0 Å². The molecule has 2 rings (SSSR count). The maximum atomic E-state index is 12.3. The van der Waals surface area contributed by atoms with Crippen LogP contribution in [0.5, 0.6) is 5.75 Å². The predicted molar refractivity (Wildman–Crippen MR) is 75.5 cm³/mol. The Bertz CT molecular complexity index is 420. The molecule has 0 spiro atoms. The molecule has 0 saturated carbocycles. The molecule has 0 radical (unpaired) electrons. The van der Waals surface area contributed by atoms with E-state index in [1.54, 1.807) is 6.08 Å². The highest BCUT2D eigenvalue weighted by Crippen LogP contribution is 2.14. The van der Waals surface area contributed by atoms with E-state index in [4.69, 9.17) is 4.74 Å². The van der Waals surface area contributed by atoms with Gasteiger partial charge < -0.3 is 15.0 Å². The van der Waals surface area contributed by atoms with Crippen molar-refractivity contribution in [2.45, 2.75) is 6.42 Å². The van der Waals surface area contributed by atoms with Gasteiger partial charge in [-0.15, -0.1) is 0 Å². The minimum Gasteiger partial charge on any atom is -0.490 e. The van der Waals surface area contributed by atoms with E-state index in [1.165, 1.54) is 0 Å². The Hall–Kier alpha value is -1.81. The average molecular weight is 260 g/mol. The highest BCUT2D eigenvalue weighted by atomic mass is 16.5. The number of rotatable bonds is 4. The predicted octanol–water partition coefficient (Wildman–Crippen LogP) is 1.69. The Balaban J connectivity index is 1.99. The molecule has 4 nitrogen and oxygen atoms in total. The zero-order valence-corrected chi connectivity index (χ0v) is 11.1. The van der Waals surface area contributed by atoms with Crippen molar-refractivity contribution in [3.63, 3.8) is 0 Å². The number of ether oxygens (including phenoxy) is 1. The zero-order chi connectivity index (χ0) is 13.5. The number of hydrogen-bond donors (Lipinski definition) is 1. The second kappa shape index (κ2) is 6.95. The fraction of sp³-hybridized carbons (Fsp3) is 0.400. The summed E-state index contributed by atoms with van der Waals surface area (Å²) in [5.74, 6) is 0.855. The second-order valence-electron chi connectivity index (χ2n) is 4.52. The molecule has 102 valence electrons. The molecule has 1 aliphatic rings. The molecule has 4 heteroatoms. The van der Waals surface area contributed by atoms with Crippen molar-refractivity contribution in [3.05, 3.63) is 42.5 Å². The van der Waals surface area contributed by atoms with Crippen molar-refractivity contribution in [1.82, 2.24) is 10.2 Å². The van der Waals surface area contributed by atoms with Crippen molar-refractivity contribution in [1.29, 1.82) is 0 Å². The summed E-state index contributed by atoms with van der Waals surface area (Å²) in [6.45, 7) is 7.52. The normalized spacial score (nSPS) is 15.7. The standard InChI is InChI=1S/C15H20N2O2/c1-2-12-19-14-6-4-13(5-7-14)15(18)17-10-3-8-16-9-11-17/h2,4-7,16H,1,3,8-12H2. The van der Waals surface area contributed by atoms with Crippen molar-refractivity contribution in [2.24, 2.45) is 0 Å². The third-order valence-corrected chi connectivity index (χ3v) is 3.10. The van der Waals surface area contributed by atoms with Gasteiger partial charge >= 0.3 is 0 Å². The lowest BCUT2D eigenvalue weighted by atomic mass is 10.2. The van der Waals surface area contributed by atoms with E-state index in [9.17, 15) is 4.79 Å². The number of benzene rings is 1. The van der Waals surface area contributed by atoms with Crippen LogP contribution in [0.25, 0.3) is 0 Å². The van der Waals surface area contributed by atoms with Crippen LogP contribution in [0.4, 0.5) is 0 Å². The fourth-order valence-corrected chi connectivity index (χ4v) is 2.08. The molecule has 1 aliphatic heterocycles. The van der Waals surface area contributed by atoms with Crippen LogP contribution in [0, 0.1) is 0 Å². The van der Waals surface area contributed by atoms with Crippen LogP contribution < -0.4 is 10.1 Å². The van der Waals surface area contributed by atoms with Gasteiger partial charge in [0.2, 0.25) is 0 Å². The lowest BCUT2D eigenvalue weighted by molar-refractivity contribution is 0.0766. The summed E-state index contributed by atoms with van der Waals surface area (Å²) in [7, 11) is 0. The smallest absolute Gasteiger partial charge is 0.253 e. The van der Waals surface area contributed by atoms with Gasteiger partial charge in [-0.3, -0.25) is 4.79 Å². The molecule has 0 aliphatic carbocycles. The van der Waals surface area contributed by atoms with Crippen LogP contribution in [0.15, 0.2) is 36.9 Å². The number of hydrogen-bond acceptors (Lipinski definition) is 3. The van der Waals surface area contributed by atoms with Gasteiger partial charge in [0.25, 0.3) is 5.91 Å². The lowest BCUT2D eigenvalue weighted by Gasteiger charge is -2.20. The molecule has 1 N–H and O–H groups in total. The zero-order valence-electron chi connectivity index (χ0n) is 11.1. The molecule has 0 bridgehead atoms. The molecule has 0 atom stereocenters. The molecule has 0 aromatic heterocycles. The van der Waals surface area contributed by atoms with E-state index in [0.29, 0.717) is 12.2 Å². The first-order valence-corrected chi connectivity index (χ1v) is 6.65. The first-order chi connectivity index (χ1) is 9.31. The summed E-state index contributed by atoms with van der Waals surface area (Å²) in [6.07, 6.45) is 2.70. The first-order valence-electron chi connectivity index (χ1n) is 6.65. The van der Waals surface area contributed by atoms with Gasteiger partial charge in [0.1, 0.15) is 12.4 Å². The van der Waals surface area contributed by atoms with Crippen LogP contribution in [0.1, 0.15) is 16.8 Å². The van der Waals surface area contributed by atoms with E-state index >= 15 is 0 Å². The van der Waals surface area contributed by atoms with E-state index < -0.39 is 0 Å². The fourth-order valence-electron chi connectivity index (χ4n) is 2.08. The molecule has 1 aromatic carbocycles. The summed E-state index contributed by atoms with van der Waals surface area (Å²) < 4.78 is 5.40. The highest BCUT2D eigenvalue weighted by Gasteiger charge is 2.16. The SMILES string of the molecule is C=CCOc1ccc(C(=O)N2CCCNCC2)cc1. The molecule has 1 aromatic rings. The number of nitrogens with one attached hydrogen (secondary N) is 1. The largest absolute Gasteiger partial charge is 0.490 e. The summed E-state index contributed by atoms with van der Waals surface area (Å²) in [6, 6.07) is 7.29. The maximum Gasteiger partial charge on any atom is 0.253 e. The number of amides is 1. The van der Waals surface area contributed by atoms with Crippen molar-refractivity contribution < 1.29 is 9.53 Å². The number of carbonyl (C=O) groups excluding carboxylic acids is 1. The van der Waals surface area contributed by atoms with Gasteiger partial charge in [-0.05, 0) is 37.2 Å². The van der Waals surface area contributed by atoms with Crippen LogP contribution in [0.2, 0.25) is 0 Å². The van der Waals surface area contributed by atoms with Gasteiger partial charge in [0.15, 0.2) is 0 Å². The summed E-state index contributed by atoms with van der Waals surface area (Å²) >= 11 is 0. The quantitative estimate of drug-likeness (QED) is 0.838. The maximum absolute atomic E-state index is 12.3. The average Bonchev–Trinajstić information content (AvgIpc) is 2.74. The molecule has 1 amide bonds. The monoisotopic (exact) mass is 260 g/mol. The van der Waals surface area contributed by atoms with E-state index in [1.807, 2.05) is 29.2 Å². The van der Waals surface area contributed by atoms with Gasteiger partial charge in [0.05, 0.1) is 0 Å². The molecule has 1 heterocycles. The summed E-state index contributed by atoms with van der Waals surface area (Å²) in [5.41, 5.74) is 0.716. The molecular weight excluding hydrogens is 240 g/mol. The van der Waals surface area contributed by atoms with E-state index in [0.717, 1.165) is 38.3 Å². The van der Waals surface area contributed by atoms with Crippen LogP contribution in [-0.2, 0) is 0 Å². The summed E-state index contributed by atoms with van der Waals surface area (Å²) in [5, 5.41) is 3.29. The number of nitrogens with zero attached hydrogens (tertiary/aromatic N) is 1. The van der Waals surface area contributed by atoms with Gasteiger partial charge in [0, 0.05) is 25.2 Å². The minimum atomic E-state index is 0.0963. The van der Waals surface area contributed by atoms with Crippen molar-refractivity contribution in [3.8, 4) is 5.75 Å². The molecule has 19 heavy (non-hydrogen) atoms. The number of carbonyl (C=O) groups is 1. The molecular formula is C15H20N2O2. The topological polar surface area (TPSA) is 41.6 Å². The Morgan fingerprint density at radius 1 is 1.32 bits per heavy atom. The Morgan fingerprint density at radius 2 is 2.11 bits per heavy atom. The van der Waals surface area contributed by atoms with Crippen molar-refractivity contribution >= 4 is 5.91 Å². The van der Waals surface area contributed by atoms with Crippen LogP contribution >= 0.6 is 0 Å². The van der Waals surface area contributed by atoms with E-state index in [-0.39, 0.29) is 5.91 Å². The molecule has 1 saturated heterocycles. The third kappa shape index (κ3) is 3.83. The van der Waals surface area contributed by atoms with E-state index in [2.05, 4.69) is 11.9 Å². The Labute approximate surface area is 114 Å². The lowest BCUT2D eigenvalue weighted by Crippen LogP contribution is -2.34. The highest BCUT2D eigenvalue weighted by molar-refractivity contribution is 5.94. The van der Waals surface area contributed by atoms with Gasteiger partial charge in [-0.25, -0.2) is 0 Å². The van der Waals surface area contributed by atoms with Crippen molar-refractivity contribution in [2.75, 3.05) is 32.8 Å². The second-order valence-corrected chi connectivity index (χ2v) is 4.52. The summed E-state index contributed by atoms with van der Waals surface area (Å²) in [4.78, 5) is 14.2. The Kier molecular flexibility index (Phi) is 4.98. The Morgan fingerprint density at radius 3 is 2.84 bits per heavy atom. The van der Waals surface area contributed by atoms with Crippen LogP contribution in [0.3, 0.4) is 0 Å². The van der Waals surface area contributed by atoms with Gasteiger partial charge in [-0.1, -0.05) is 12.7 Å². The van der Waals surface area contributed by atoms with Crippen LogP contribution in [-0.4, -0.2) is 43.6 Å².